The molecular weight excluding hydrogens is 288 g/mol. The zero-order chi connectivity index (χ0) is 15.4. The van der Waals surface area contributed by atoms with Crippen molar-refractivity contribution in [2.75, 3.05) is 6.61 Å². The normalized spacial score (nSPS) is 12.0. The molecular formula is C12H15ClN2O5. The van der Waals surface area contributed by atoms with Crippen LogP contribution in [0.15, 0.2) is 6.07 Å². The Bertz CT molecular complexity index is 547. The van der Waals surface area contributed by atoms with Crippen LogP contribution in [-0.2, 0) is 16.0 Å². The van der Waals surface area contributed by atoms with Gasteiger partial charge in [0.2, 0.25) is 0 Å². The molecule has 8 heteroatoms. The van der Waals surface area contributed by atoms with Crippen LogP contribution >= 0.6 is 11.6 Å². The first kappa shape index (κ1) is 16.2. The molecule has 0 saturated heterocycles. The molecule has 0 aromatic heterocycles. The average Bonchev–Trinajstić information content (AvgIpc) is 2.39. The van der Waals surface area contributed by atoms with Gasteiger partial charge in [0.15, 0.2) is 0 Å². The third-order valence-corrected chi connectivity index (χ3v) is 3.22. The molecule has 3 N–H and O–H groups in total. The molecule has 0 aliphatic heterocycles. The fourth-order valence-corrected chi connectivity index (χ4v) is 1.91. The molecule has 20 heavy (non-hydrogen) atoms. The summed E-state index contributed by atoms with van der Waals surface area (Å²) < 4.78 is 4.73. The van der Waals surface area contributed by atoms with E-state index >= 15 is 0 Å². The highest BCUT2D eigenvalue weighted by molar-refractivity contribution is 6.33. The summed E-state index contributed by atoms with van der Waals surface area (Å²) in [4.78, 5) is 21.7. The number of nitro benzene ring substituents is 1. The third-order valence-electron chi connectivity index (χ3n) is 2.76. The summed E-state index contributed by atoms with van der Waals surface area (Å²) in [5.41, 5.74) is 5.67. The van der Waals surface area contributed by atoms with Crippen LogP contribution in [0, 0.1) is 17.0 Å². The molecule has 0 spiro atoms. The van der Waals surface area contributed by atoms with Gasteiger partial charge in [-0.25, -0.2) is 0 Å². The van der Waals surface area contributed by atoms with Gasteiger partial charge in [-0.1, -0.05) is 11.6 Å². The van der Waals surface area contributed by atoms with Crippen LogP contribution in [0.4, 0.5) is 5.69 Å². The summed E-state index contributed by atoms with van der Waals surface area (Å²) in [6.07, 6.45) is -0.106. The maximum absolute atomic E-state index is 11.4. The number of carbonyl (C=O) groups is 1. The van der Waals surface area contributed by atoms with Gasteiger partial charge >= 0.3 is 5.97 Å². The van der Waals surface area contributed by atoms with Crippen molar-refractivity contribution >= 4 is 23.3 Å². The van der Waals surface area contributed by atoms with Gasteiger partial charge in [0.1, 0.15) is 11.8 Å². The number of esters is 1. The molecule has 1 aromatic carbocycles. The van der Waals surface area contributed by atoms with Gasteiger partial charge in [0.05, 0.1) is 16.6 Å². The maximum Gasteiger partial charge on any atom is 0.323 e. The molecule has 0 saturated carbocycles. The smallest absolute Gasteiger partial charge is 0.323 e. The number of hydrogen-bond donors (Lipinski definition) is 2. The first-order valence-electron chi connectivity index (χ1n) is 5.87. The average molecular weight is 303 g/mol. The summed E-state index contributed by atoms with van der Waals surface area (Å²) >= 11 is 5.84. The van der Waals surface area contributed by atoms with E-state index in [0.717, 1.165) is 6.07 Å². The van der Waals surface area contributed by atoms with E-state index in [0.29, 0.717) is 0 Å². The first-order chi connectivity index (χ1) is 9.29. The van der Waals surface area contributed by atoms with Crippen molar-refractivity contribution < 1.29 is 19.6 Å². The van der Waals surface area contributed by atoms with Gasteiger partial charge in [-0.05, 0) is 13.8 Å². The standard InChI is InChI=1S/C12H15ClN2O5/c1-3-20-12(17)8(14)4-7-5-9(15(18)19)6(2)10(13)11(7)16/h5,8,16H,3-4,14H2,1-2H3. The lowest BCUT2D eigenvalue weighted by Crippen LogP contribution is -2.34. The van der Waals surface area contributed by atoms with E-state index in [-0.39, 0.29) is 40.6 Å². The Balaban J connectivity index is 3.13. The number of carbonyl (C=O) groups excluding carboxylic acids is 1. The minimum Gasteiger partial charge on any atom is -0.506 e. The number of nitrogens with zero attached hydrogens (tertiary/aromatic N) is 1. The molecule has 1 rings (SSSR count). The van der Waals surface area contributed by atoms with Crippen LogP contribution in [0.1, 0.15) is 18.1 Å². The summed E-state index contributed by atoms with van der Waals surface area (Å²) in [5.74, 6) is -0.958. The molecule has 1 aromatic rings. The number of nitro groups is 1. The summed E-state index contributed by atoms with van der Waals surface area (Å²) in [7, 11) is 0. The zero-order valence-electron chi connectivity index (χ0n) is 11.1. The van der Waals surface area contributed by atoms with Gasteiger partial charge in [-0.3, -0.25) is 14.9 Å². The molecule has 1 atom stereocenters. The number of aromatic hydroxyl groups is 1. The Kier molecular flexibility index (Phi) is 5.29. The minimum absolute atomic E-state index is 0.106. The van der Waals surface area contributed by atoms with Crippen LogP contribution < -0.4 is 5.73 Å². The van der Waals surface area contributed by atoms with Gasteiger partial charge in [0.25, 0.3) is 5.69 Å². The van der Waals surface area contributed by atoms with E-state index in [4.69, 9.17) is 22.1 Å². The molecule has 0 bridgehead atoms. The number of ether oxygens (including phenoxy) is 1. The SMILES string of the molecule is CCOC(=O)C(N)Cc1cc([N+](=O)[O-])c(C)c(Cl)c1O. The highest BCUT2D eigenvalue weighted by atomic mass is 35.5. The lowest BCUT2D eigenvalue weighted by Gasteiger charge is -2.13. The number of rotatable bonds is 5. The molecule has 110 valence electrons. The number of benzene rings is 1. The van der Waals surface area contributed by atoms with Crippen molar-refractivity contribution in [3.8, 4) is 5.75 Å². The molecule has 0 aliphatic carbocycles. The van der Waals surface area contributed by atoms with Crippen molar-refractivity contribution in [2.24, 2.45) is 5.73 Å². The van der Waals surface area contributed by atoms with E-state index in [1.807, 2.05) is 0 Å². The van der Waals surface area contributed by atoms with E-state index in [9.17, 15) is 20.0 Å². The van der Waals surface area contributed by atoms with Crippen molar-refractivity contribution in [2.45, 2.75) is 26.3 Å². The van der Waals surface area contributed by atoms with Crippen LogP contribution in [0.2, 0.25) is 5.02 Å². The molecule has 0 radical (unpaired) electrons. The van der Waals surface area contributed by atoms with Crippen LogP contribution in [-0.4, -0.2) is 28.6 Å². The highest BCUT2D eigenvalue weighted by Crippen LogP contribution is 2.37. The molecule has 0 aliphatic rings. The molecule has 0 fully saturated rings. The molecule has 0 heterocycles. The second-order valence-corrected chi connectivity index (χ2v) is 4.54. The van der Waals surface area contributed by atoms with E-state index in [1.165, 1.54) is 6.92 Å². The van der Waals surface area contributed by atoms with Crippen LogP contribution in [0.3, 0.4) is 0 Å². The highest BCUT2D eigenvalue weighted by Gasteiger charge is 2.24. The summed E-state index contributed by atoms with van der Waals surface area (Å²) in [6, 6.07) is 0.134. The number of halogens is 1. The number of phenols is 1. The predicted molar refractivity (Wildman–Crippen MR) is 72.8 cm³/mol. The second-order valence-electron chi connectivity index (χ2n) is 4.16. The monoisotopic (exact) mass is 302 g/mol. The third kappa shape index (κ3) is 3.37. The van der Waals surface area contributed by atoms with E-state index < -0.39 is 16.9 Å². The van der Waals surface area contributed by atoms with Crippen molar-refractivity contribution in [1.82, 2.24) is 0 Å². The van der Waals surface area contributed by atoms with Crippen LogP contribution in [0.5, 0.6) is 5.75 Å². The Morgan fingerprint density at radius 1 is 1.65 bits per heavy atom. The lowest BCUT2D eigenvalue weighted by molar-refractivity contribution is -0.385. The maximum atomic E-state index is 11.4. The van der Waals surface area contributed by atoms with E-state index in [2.05, 4.69) is 0 Å². The molecule has 1 unspecified atom stereocenters. The summed E-state index contributed by atoms with van der Waals surface area (Å²) in [5, 5.41) is 20.7. The van der Waals surface area contributed by atoms with Gasteiger partial charge in [-0.15, -0.1) is 0 Å². The Morgan fingerprint density at radius 3 is 2.75 bits per heavy atom. The molecule has 0 amide bonds. The Labute approximate surface area is 120 Å². The first-order valence-corrected chi connectivity index (χ1v) is 6.24. The summed E-state index contributed by atoms with van der Waals surface area (Å²) in [6.45, 7) is 3.23. The fourth-order valence-electron chi connectivity index (χ4n) is 1.69. The minimum atomic E-state index is -1.03. The fraction of sp³-hybridized carbons (Fsp3) is 0.417. The van der Waals surface area contributed by atoms with Gasteiger partial charge in [0, 0.05) is 23.6 Å². The zero-order valence-corrected chi connectivity index (χ0v) is 11.8. The Hall–Kier alpha value is -1.86. The predicted octanol–water partition coefficient (Wildman–Crippen LogP) is 1.70. The van der Waals surface area contributed by atoms with Gasteiger partial charge < -0.3 is 15.6 Å². The van der Waals surface area contributed by atoms with E-state index in [1.54, 1.807) is 6.92 Å². The largest absolute Gasteiger partial charge is 0.506 e. The van der Waals surface area contributed by atoms with Crippen LogP contribution in [0.25, 0.3) is 0 Å². The lowest BCUT2D eigenvalue weighted by atomic mass is 10.0. The number of hydrogen-bond acceptors (Lipinski definition) is 6. The van der Waals surface area contributed by atoms with Crippen molar-refractivity contribution in [3.63, 3.8) is 0 Å². The van der Waals surface area contributed by atoms with Gasteiger partial charge in [-0.2, -0.15) is 0 Å². The number of nitrogens with two attached hydrogens (primary N) is 1. The molecule has 7 nitrogen and oxygen atoms in total. The Morgan fingerprint density at radius 2 is 2.25 bits per heavy atom. The number of phenolic OH excluding ortho intramolecular Hbond substituents is 1. The second kappa shape index (κ2) is 6.53. The van der Waals surface area contributed by atoms with Crippen molar-refractivity contribution in [1.29, 1.82) is 0 Å². The van der Waals surface area contributed by atoms with Crippen molar-refractivity contribution in [3.05, 3.63) is 32.3 Å². The quantitative estimate of drug-likeness (QED) is 0.486. The topological polar surface area (TPSA) is 116 Å².